The highest BCUT2D eigenvalue weighted by Gasteiger charge is 2.15. The van der Waals surface area contributed by atoms with Gasteiger partial charge in [-0.05, 0) is 30.9 Å². The van der Waals surface area contributed by atoms with Gasteiger partial charge < -0.3 is 15.8 Å². The van der Waals surface area contributed by atoms with Gasteiger partial charge in [0.15, 0.2) is 5.69 Å². The van der Waals surface area contributed by atoms with Crippen LogP contribution in [-0.4, -0.2) is 35.9 Å². The quantitative estimate of drug-likeness (QED) is 0.783. The van der Waals surface area contributed by atoms with Crippen molar-refractivity contribution < 1.29 is 9.53 Å². The number of nitrogens with two attached hydrogens (primary N) is 1. The minimum absolute atomic E-state index is 0.205. The number of ether oxygens (including phenoxy) is 1. The van der Waals surface area contributed by atoms with E-state index in [2.05, 4.69) is 15.5 Å². The van der Waals surface area contributed by atoms with Gasteiger partial charge in [-0.3, -0.25) is 4.79 Å². The van der Waals surface area contributed by atoms with Crippen molar-refractivity contribution in [1.29, 1.82) is 0 Å². The van der Waals surface area contributed by atoms with Crippen LogP contribution in [0.1, 0.15) is 23.3 Å². The van der Waals surface area contributed by atoms with Crippen molar-refractivity contribution in [1.82, 2.24) is 15.5 Å². The third-order valence-electron chi connectivity index (χ3n) is 2.81. The molecule has 1 aliphatic rings. The number of carbonyl (C=O) groups excluding carboxylic acids is 1. The first-order valence-corrected chi connectivity index (χ1v) is 5.71. The second kappa shape index (κ2) is 5.58. The molecule has 0 radical (unpaired) electrons. The molecule has 6 nitrogen and oxygen atoms in total. The lowest BCUT2D eigenvalue weighted by molar-refractivity contribution is 0.0642. The van der Waals surface area contributed by atoms with Crippen LogP contribution < -0.4 is 11.1 Å². The Hall–Kier alpha value is -1.69. The maximum Gasteiger partial charge on any atom is 0.271 e. The van der Waals surface area contributed by atoms with Gasteiger partial charge in [0, 0.05) is 19.8 Å². The molecule has 92 valence electrons. The fourth-order valence-electron chi connectivity index (χ4n) is 1.74. The third-order valence-corrected chi connectivity index (χ3v) is 2.81. The van der Waals surface area contributed by atoms with Crippen LogP contribution in [0.2, 0.25) is 0 Å². The van der Waals surface area contributed by atoms with E-state index in [1.54, 1.807) is 12.1 Å². The van der Waals surface area contributed by atoms with Gasteiger partial charge >= 0.3 is 0 Å². The first-order valence-electron chi connectivity index (χ1n) is 5.71. The number of anilines is 1. The van der Waals surface area contributed by atoms with E-state index in [0.717, 1.165) is 26.1 Å². The number of nitrogens with zero attached hydrogens (tertiary/aromatic N) is 2. The molecule has 2 rings (SSSR count). The first-order chi connectivity index (χ1) is 8.25. The fourth-order valence-corrected chi connectivity index (χ4v) is 1.74. The number of amides is 1. The standard InChI is InChI=1S/C11H16N4O2/c12-10-2-1-9(14-15-10)11(16)13-7-8-3-5-17-6-4-8/h1-2,8H,3-7H2,(H2,12,15)(H,13,16). The average molecular weight is 236 g/mol. The third kappa shape index (κ3) is 3.39. The predicted octanol–water partition coefficient (Wildman–Crippen LogP) is 0.215. The van der Waals surface area contributed by atoms with Crippen LogP contribution in [0.15, 0.2) is 12.1 Å². The Morgan fingerprint density at radius 1 is 1.41 bits per heavy atom. The molecule has 1 aromatic heterocycles. The summed E-state index contributed by atoms with van der Waals surface area (Å²) in [6.07, 6.45) is 1.99. The van der Waals surface area contributed by atoms with Crippen LogP contribution in [0.5, 0.6) is 0 Å². The van der Waals surface area contributed by atoms with E-state index in [0.29, 0.717) is 24.0 Å². The molecule has 0 aliphatic carbocycles. The minimum atomic E-state index is -0.205. The lowest BCUT2D eigenvalue weighted by Crippen LogP contribution is -2.32. The van der Waals surface area contributed by atoms with Gasteiger partial charge in [0.25, 0.3) is 5.91 Å². The Bertz CT molecular complexity index is 374. The van der Waals surface area contributed by atoms with Crippen molar-refractivity contribution in [3.63, 3.8) is 0 Å². The summed E-state index contributed by atoms with van der Waals surface area (Å²) in [4.78, 5) is 11.7. The number of nitrogens with one attached hydrogen (secondary N) is 1. The van der Waals surface area contributed by atoms with E-state index in [9.17, 15) is 4.79 Å². The van der Waals surface area contributed by atoms with Crippen molar-refractivity contribution in [3.8, 4) is 0 Å². The van der Waals surface area contributed by atoms with Gasteiger partial charge in [0.2, 0.25) is 0 Å². The maximum absolute atomic E-state index is 11.7. The summed E-state index contributed by atoms with van der Waals surface area (Å²) in [7, 11) is 0. The Morgan fingerprint density at radius 2 is 2.18 bits per heavy atom. The molecule has 0 bridgehead atoms. The summed E-state index contributed by atoms with van der Waals surface area (Å²) in [5.41, 5.74) is 5.70. The highest BCUT2D eigenvalue weighted by Crippen LogP contribution is 2.13. The molecule has 0 saturated carbocycles. The number of rotatable bonds is 3. The van der Waals surface area contributed by atoms with E-state index in [1.165, 1.54) is 0 Å². The summed E-state index contributed by atoms with van der Waals surface area (Å²) in [5, 5.41) is 10.2. The molecule has 0 spiro atoms. The van der Waals surface area contributed by atoms with Gasteiger partial charge in [-0.1, -0.05) is 0 Å². The molecule has 1 saturated heterocycles. The molecule has 1 aliphatic heterocycles. The van der Waals surface area contributed by atoms with Gasteiger partial charge in [-0.15, -0.1) is 10.2 Å². The summed E-state index contributed by atoms with van der Waals surface area (Å²) in [6.45, 7) is 2.22. The number of hydrogen-bond donors (Lipinski definition) is 2. The van der Waals surface area contributed by atoms with E-state index in [1.807, 2.05) is 0 Å². The Kier molecular flexibility index (Phi) is 3.87. The zero-order valence-electron chi connectivity index (χ0n) is 9.56. The fraction of sp³-hybridized carbons (Fsp3) is 0.545. The summed E-state index contributed by atoms with van der Waals surface area (Å²) < 4.78 is 5.26. The number of carbonyl (C=O) groups is 1. The van der Waals surface area contributed by atoms with Gasteiger partial charge in [0.05, 0.1) is 0 Å². The molecule has 0 atom stereocenters. The van der Waals surface area contributed by atoms with Crippen LogP contribution in [-0.2, 0) is 4.74 Å². The summed E-state index contributed by atoms with van der Waals surface area (Å²) >= 11 is 0. The number of hydrogen-bond acceptors (Lipinski definition) is 5. The second-order valence-corrected chi connectivity index (χ2v) is 4.11. The SMILES string of the molecule is Nc1ccc(C(=O)NCC2CCOCC2)nn1. The predicted molar refractivity (Wildman–Crippen MR) is 62.3 cm³/mol. The summed E-state index contributed by atoms with van der Waals surface area (Å²) in [5.74, 6) is 0.601. The topological polar surface area (TPSA) is 90.1 Å². The maximum atomic E-state index is 11.7. The van der Waals surface area contributed by atoms with Crippen LogP contribution >= 0.6 is 0 Å². The normalized spacial score (nSPS) is 16.7. The lowest BCUT2D eigenvalue weighted by atomic mass is 10.0. The zero-order valence-corrected chi connectivity index (χ0v) is 9.56. The molecule has 6 heteroatoms. The highest BCUT2D eigenvalue weighted by atomic mass is 16.5. The highest BCUT2D eigenvalue weighted by molar-refractivity contribution is 5.92. The van der Waals surface area contributed by atoms with Crippen molar-refractivity contribution in [2.45, 2.75) is 12.8 Å². The molecule has 1 aromatic rings. The Morgan fingerprint density at radius 3 is 2.82 bits per heavy atom. The molecule has 3 N–H and O–H groups in total. The van der Waals surface area contributed by atoms with Crippen molar-refractivity contribution >= 4 is 11.7 Å². The summed E-state index contributed by atoms with van der Waals surface area (Å²) in [6, 6.07) is 3.14. The van der Waals surface area contributed by atoms with Crippen LogP contribution in [0, 0.1) is 5.92 Å². The van der Waals surface area contributed by atoms with Gasteiger partial charge in [-0.2, -0.15) is 0 Å². The smallest absolute Gasteiger partial charge is 0.271 e. The van der Waals surface area contributed by atoms with Gasteiger partial charge in [0.1, 0.15) is 5.82 Å². The zero-order chi connectivity index (χ0) is 12.1. The Labute approximate surface area is 99.6 Å². The molecule has 0 aromatic carbocycles. The molecular formula is C11H16N4O2. The lowest BCUT2D eigenvalue weighted by Gasteiger charge is -2.21. The molecule has 0 unspecified atom stereocenters. The van der Waals surface area contributed by atoms with E-state index < -0.39 is 0 Å². The van der Waals surface area contributed by atoms with E-state index in [4.69, 9.17) is 10.5 Å². The van der Waals surface area contributed by atoms with Crippen molar-refractivity contribution in [2.75, 3.05) is 25.5 Å². The molecule has 1 fully saturated rings. The van der Waals surface area contributed by atoms with Crippen LogP contribution in [0.4, 0.5) is 5.82 Å². The van der Waals surface area contributed by atoms with Crippen molar-refractivity contribution in [3.05, 3.63) is 17.8 Å². The van der Waals surface area contributed by atoms with Crippen molar-refractivity contribution in [2.24, 2.45) is 5.92 Å². The van der Waals surface area contributed by atoms with Gasteiger partial charge in [-0.25, -0.2) is 0 Å². The molecule has 1 amide bonds. The van der Waals surface area contributed by atoms with Crippen LogP contribution in [0.25, 0.3) is 0 Å². The Balaban J connectivity index is 1.82. The molecule has 17 heavy (non-hydrogen) atoms. The van der Waals surface area contributed by atoms with E-state index in [-0.39, 0.29) is 5.91 Å². The van der Waals surface area contributed by atoms with E-state index >= 15 is 0 Å². The second-order valence-electron chi connectivity index (χ2n) is 4.11. The number of nitrogen functional groups attached to an aromatic ring is 1. The average Bonchev–Trinajstić information content (AvgIpc) is 2.38. The molecule has 2 heterocycles. The number of aromatic nitrogens is 2. The largest absolute Gasteiger partial charge is 0.382 e. The minimum Gasteiger partial charge on any atom is -0.382 e. The van der Waals surface area contributed by atoms with Crippen LogP contribution in [0.3, 0.4) is 0 Å². The molecular weight excluding hydrogens is 220 g/mol. The monoisotopic (exact) mass is 236 g/mol. The first kappa shape index (κ1) is 11.8.